The van der Waals surface area contributed by atoms with Gasteiger partial charge in [0.1, 0.15) is 16.8 Å². The van der Waals surface area contributed by atoms with E-state index in [0.29, 0.717) is 6.42 Å². The molecule has 1 aliphatic carbocycles. The van der Waals surface area contributed by atoms with Crippen molar-refractivity contribution in [2.24, 2.45) is 0 Å². The van der Waals surface area contributed by atoms with Crippen molar-refractivity contribution in [3.05, 3.63) is 51.3 Å². The van der Waals surface area contributed by atoms with Gasteiger partial charge in [-0.2, -0.15) is 0 Å². The van der Waals surface area contributed by atoms with Crippen LogP contribution < -0.4 is 10.7 Å². The summed E-state index contributed by atoms with van der Waals surface area (Å²) in [5.74, 6) is -3.18. The molecule has 1 saturated heterocycles. The van der Waals surface area contributed by atoms with E-state index >= 15 is 4.39 Å². The molecule has 0 unspecified atom stereocenters. The summed E-state index contributed by atoms with van der Waals surface area (Å²) >= 11 is 0. The lowest BCUT2D eigenvalue weighted by molar-refractivity contribution is 0.0220. The van der Waals surface area contributed by atoms with Crippen molar-refractivity contribution in [1.82, 2.24) is 14.8 Å². The Morgan fingerprint density at radius 3 is 2.32 bits per heavy atom. The molecule has 2 amide bonds. The van der Waals surface area contributed by atoms with Gasteiger partial charge < -0.3 is 29.0 Å². The van der Waals surface area contributed by atoms with Gasteiger partial charge in [-0.1, -0.05) is 12.2 Å². The molecule has 1 saturated carbocycles. The lowest BCUT2D eigenvalue weighted by Crippen LogP contribution is -2.43. The number of hydrogen-bond donors (Lipinski definition) is 1. The van der Waals surface area contributed by atoms with E-state index in [9.17, 15) is 23.6 Å². The van der Waals surface area contributed by atoms with E-state index in [2.05, 4.69) is 5.32 Å². The molecule has 0 bridgehead atoms. The fraction of sp³-hybridized carbons (Fsp3) is 0.562. The number of esters is 1. The fourth-order valence-electron chi connectivity index (χ4n) is 5.25. The number of carbonyl (C=O) groups is 3. The van der Waals surface area contributed by atoms with Crippen molar-refractivity contribution in [3.63, 3.8) is 0 Å². The minimum Gasteiger partial charge on any atom is -0.462 e. The third-order valence-electron chi connectivity index (χ3n) is 7.13. The smallest absolute Gasteiger partial charge is 0.410 e. The maximum atomic E-state index is 15.4. The quantitative estimate of drug-likeness (QED) is 0.295. The Morgan fingerprint density at radius 1 is 1.07 bits per heavy atom. The lowest BCUT2D eigenvalue weighted by atomic mass is 10.0. The number of carbonyl (C=O) groups excluding carboxylic acids is 3. The zero-order valence-corrected chi connectivity index (χ0v) is 26.3. The van der Waals surface area contributed by atoms with E-state index in [1.807, 2.05) is 0 Å². The number of ether oxygens (including phenoxy) is 3. The van der Waals surface area contributed by atoms with Crippen LogP contribution in [-0.2, 0) is 14.2 Å². The number of alkyl carbamates (subject to hydrolysis) is 1. The third-order valence-corrected chi connectivity index (χ3v) is 7.13. The van der Waals surface area contributed by atoms with Gasteiger partial charge in [-0.25, -0.2) is 23.2 Å². The zero-order valence-electron chi connectivity index (χ0n) is 26.3. The molecule has 1 aliphatic heterocycles. The highest BCUT2D eigenvalue weighted by molar-refractivity contribution is 5.96. The molecule has 0 radical (unpaired) electrons. The monoisotopic (exact) mass is 617 g/mol. The summed E-state index contributed by atoms with van der Waals surface area (Å²) in [6.07, 6.45) is 5.27. The fourth-order valence-corrected chi connectivity index (χ4v) is 5.25. The van der Waals surface area contributed by atoms with Crippen LogP contribution in [0.2, 0.25) is 0 Å². The molecule has 2 heterocycles. The molecular weight excluding hydrogens is 576 g/mol. The molecule has 2 fully saturated rings. The van der Waals surface area contributed by atoms with Crippen molar-refractivity contribution in [3.8, 4) is 0 Å². The van der Waals surface area contributed by atoms with Crippen molar-refractivity contribution < 1.29 is 37.4 Å². The second-order valence-corrected chi connectivity index (χ2v) is 13.2. The van der Waals surface area contributed by atoms with Crippen LogP contribution in [0, 0.1) is 11.6 Å². The average Bonchev–Trinajstić information content (AvgIpc) is 3.65. The molecule has 0 spiro atoms. The Bertz CT molecular complexity index is 1530. The minimum absolute atomic E-state index is 0.0567. The Hall–Kier alpha value is -3.96. The summed E-state index contributed by atoms with van der Waals surface area (Å²) < 4.78 is 47.8. The average molecular weight is 618 g/mol. The Labute approximate surface area is 255 Å². The van der Waals surface area contributed by atoms with Gasteiger partial charge in [0, 0.05) is 30.4 Å². The molecular formula is C32H41F2N3O7. The summed E-state index contributed by atoms with van der Waals surface area (Å²) in [4.78, 5) is 52.8. The second-order valence-electron chi connectivity index (χ2n) is 13.2. The minimum atomic E-state index is -1.23. The maximum absolute atomic E-state index is 15.4. The van der Waals surface area contributed by atoms with E-state index < -0.39 is 58.5 Å². The van der Waals surface area contributed by atoms with Crippen LogP contribution in [0.25, 0.3) is 17.0 Å². The Kier molecular flexibility index (Phi) is 9.41. The number of benzene rings is 1. The highest BCUT2D eigenvalue weighted by Gasteiger charge is 2.38. The van der Waals surface area contributed by atoms with Gasteiger partial charge in [-0.3, -0.25) is 4.79 Å². The second kappa shape index (κ2) is 12.6. The molecule has 2 aromatic rings. The van der Waals surface area contributed by atoms with Crippen LogP contribution in [0.3, 0.4) is 0 Å². The standard InChI is InChI=1S/C32H41F2N3O7/c1-8-42-28(39)23-17-36(19-12-13-19)26-21(25(34)24(33)15-22(26)27(23)38)11-9-10-20-14-18(35-29(40)43-31(2,3)4)16-37(20)30(41)44-32(5,6)7/h9,11,15,17-20H,8,10,12-14,16H2,1-7H3,(H,35,40)/b11-9-/t18-,20+/m1/s1. The number of amides is 2. The first kappa shape index (κ1) is 32.9. The number of halogens is 2. The summed E-state index contributed by atoms with van der Waals surface area (Å²) in [5, 5.41) is 2.67. The topological polar surface area (TPSA) is 116 Å². The Balaban J connectivity index is 1.67. The summed E-state index contributed by atoms with van der Waals surface area (Å²) in [6.45, 7) is 12.3. The van der Waals surface area contributed by atoms with Gasteiger partial charge in [0.15, 0.2) is 11.6 Å². The zero-order chi connectivity index (χ0) is 32.6. The third kappa shape index (κ3) is 7.75. The van der Waals surface area contributed by atoms with Gasteiger partial charge in [0.2, 0.25) is 5.43 Å². The van der Waals surface area contributed by atoms with Gasteiger partial charge in [-0.05, 0) is 80.2 Å². The van der Waals surface area contributed by atoms with Crippen molar-refractivity contribution in [2.75, 3.05) is 13.2 Å². The van der Waals surface area contributed by atoms with Crippen LogP contribution in [0.4, 0.5) is 18.4 Å². The number of aromatic nitrogens is 1. The SMILES string of the molecule is CCOC(=O)c1cn(C2CC2)c2c(/C=C\C[C@H]3C[C@@H](NC(=O)OC(C)(C)C)CN3C(=O)OC(C)(C)C)c(F)c(F)cc2c1=O. The molecule has 240 valence electrons. The van der Waals surface area contributed by atoms with Crippen LogP contribution in [0.5, 0.6) is 0 Å². The first-order chi connectivity index (χ1) is 20.5. The van der Waals surface area contributed by atoms with Crippen molar-refractivity contribution in [2.45, 2.75) is 103 Å². The summed E-state index contributed by atoms with van der Waals surface area (Å²) in [6, 6.07) is -0.130. The van der Waals surface area contributed by atoms with Gasteiger partial charge in [0.25, 0.3) is 0 Å². The van der Waals surface area contributed by atoms with Crippen LogP contribution >= 0.6 is 0 Å². The lowest BCUT2D eigenvalue weighted by Gasteiger charge is -2.28. The van der Waals surface area contributed by atoms with Gasteiger partial charge >= 0.3 is 18.2 Å². The Morgan fingerprint density at radius 2 is 1.73 bits per heavy atom. The number of hydrogen-bond acceptors (Lipinski definition) is 7. The molecule has 1 aromatic heterocycles. The van der Waals surface area contributed by atoms with E-state index in [1.54, 1.807) is 59.1 Å². The van der Waals surface area contributed by atoms with Gasteiger partial charge in [0.05, 0.1) is 23.6 Å². The molecule has 10 nitrogen and oxygen atoms in total. The summed E-state index contributed by atoms with van der Waals surface area (Å²) in [5.41, 5.74) is -2.40. The summed E-state index contributed by atoms with van der Waals surface area (Å²) in [7, 11) is 0. The van der Waals surface area contributed by atoms with Crippen LogP contribution in [-0.4, -0.2) is 64.1 Å². The van der Waals surface area contributed by atoms with E-state index in [0.717, 1.165) is 18.9 Å². The molecule has 44 heavy (non-hydrogen) atoms. The predicted octanol–water partition coefficient (Wildman–Crippen LogP) is 6.10. The number of fused-ring (bicyclic) bond motifs is 1. The largest absolute Gasteiger partial charge is 0.462 e. The number of rotatable bonds is 7. The molecule has 1 N–H and O–H groups in total. The maximum Gasteiger partial charge on any atom is 0.410 e. The normalized spacial score (nSPS) is 19.0. The van der Waals surface area contributed by atoms with Crippen molar-refractivity contribution in [1.29, 1.82) is 0 Å². The van der Waals surface area contributed by atoms with E-state index in [-0.39, 0.29) is 47.6 Å². The first-order valence-electron chi connectivity index (χ1n) is 14.9. The van der Waals surface area contributed by atoms with Gasteiger partial charge in [-0.15, -0.1) is 0 Å². The van der Waals surface area contributed by atoms with E-state index in [4.69, 9.17) is 14.2 Å². The van der Waals surface area contributed by atoms with E-state index in [1.165, 1.54) is 17.2 Å². The highest BCUT2D eigenvalue weighted by Crippen LogP contribution is 2.39. The molecule has 2 atom stereocenters. The number of pyridine rings is 1. The highest BCUT2D eigenvalue weighted by atomic mass is 19.2. The molecule has 4 rings (SSSR count). The number of likely N-dealkylation sites (tertiary alicyclic amines) is 1. The van der Waals surface area contributed by atoms with Crippen LogP contribution in [0.15, 0.2) is 23.1 Å². The first-order valence-corrected chi connectivity index (χ1v) is 14.9. The molecule has 2 aliphatic rings. The van der Waals surface area contributed by atoms with Crippen LogP contribution in [0.1, 0.15) is 96.1 Å². The van der Waals surface area contributed by atoms with Crippen molar-refractivity contribution >= 4 is 35.1 Å². The number of nitrogens with one attached hydrogen (secondary N) is 1. The molecule has 12 heteroatoms. The number of nitrogens with zero attached hydrogens (tertiary/aromatic N) is 2. The predicted molar refractivity (Wildman–Crippen MR) is 161 cm³/mol. The molecule has 1 aromatic carbocycles.